The lowest BCUT2D eigenvalue weighted by atomic mass is 10.1. The summed E-state index contributed by atoms with van der Waals surface area (Å²) >= 11 is 0. The van der Waals surface area contributed by atoms with Gasteiger partial charge >= 0.3 is 0 Å². The lowest BCUT2D eigenvalue weighted by Gasteiger charge is -2.08. The summed E-state index contributed by atoms with van der Waals surface area (Å²) in [7, 11) is 4.32. The molecule has 0 saturated carbocycles. The van der Waals surface area contributed by atoms with Crippen LogP contribution in [0.3, 0.4) is 0 Å². The summed E-state index contributed by atoms with van der Waals surface area (Å²) in [6, 6.07) is 0. The predicted octanol–water partition coefficient (Wildman–Crippen LogP) is 3.29. The van der Waals surface area contributed by atoms with Crippen molar-refractivity contribution in [3.63, 3.8) is 0 Å². The van der Waals surface area contributed by atoms with E-state index in [0.29, 0.717) is 0 Å². The summed E-state index contributed by atoms with van der Waals surface area (Å²) in [4.78, 5) is 2.28. The van der Waals surface area contributed by atoms with E-state index in [0.717, 1.165) is 0 Å². The molecule has 0 aliphatic carbocycles. The van der Waals surface area contributed by atoms with Crippen LogP contribution in [0.2, 0.25) is 0 Å². The highest BCUT2D eigenvalue weighted by atomic mass is 15.0. The molecule has 0 rings (SSSR count). The van der Waals surface area contributed by atoms with Gasteiger partial charge in [0, 0.05) is 0 Å². The van der Waals surface area contributed by atoms with Crippen LogP contribution in [0.15, 0.2) is 0 Å². The van der Waals surface area contributed by atoms with Gasteiger partial charge in [0.1, 0.15) is 0 Å². The molecule has 0 atom stereocenters. The largest absolute Gasteiger partial charge is 0.309 e. The Kier molecular flexibility index (Phi) is 17.3. The van der Waals surface area contributed by atoms with E-state index in [1.807, 2.05) is 0 Å². The van der Waals surface area contributed by atoms with E-state index in [-0.39, 0.29) is 8.41 Å². The Bertz CT molecular complexity index is 115. The molecule has 0 saturated heterocycles. The quantitative estimate of drug-likeness (QED) is 0.387. The van der Waals surface area contributed by atoms with E-state index in [4.69, 9.17) is 0 Å². The maximum Gasteiger partial charge on any atom is 0.0814 e. The average molecular weight is 227 g/mol. The Morgan fingerprint density at radius 1 is 0.625 bits per heavy atom. The summed E-state index contributed by atoms with van der Waals surface area (Å²) in [5, 5.41) is 0. The molecule has 0 heterocycles. The third-order valence-corrected chi connectivity index (χ3v) is 2.96. The molecule has 0 fully saturated rings. The van der Waals surface area contributed by atoms with Gasteiger partial charge in [-0.05, 0) is 27.1 Å². The maximum absolute atomic E-state index is 2.28. The third-order valence-electron chi connectivity index (χ3n) is 2.96. The number of unbranched alkanes of at least 4 members (excludes halogenated alkanes) is 9. The molecule has 0 radical (unpaired) electrons. The maximum atomic E-state index is 2.28. The average Bonchev–Trinajstić information content (AvgIpc) is 2.20. The standard InChI is InChI=1S/C14H31N.BH3/c1-4-5-6-7-8-9-10-11-12-13-14-15(2)3;/h4-14H2,1-3H3;1H3. The van der Waals surface area contributed by atoms with Crippen LogP contribution in [0.5, 0.6) is 0 Å². The minimum Gasteiger partial charge on any atom is -0.309 e. The first-order valence-electron chi connectivity index (χ1n) is 6.92. The van der Waals surface area contributed by atoms with Crippen molar-refractivity contribution in [3.05, 3.63) is 0 Å². The zero-order valence-corrected chi connectivity index (χ0v) is 11.2. The lowest BCUT2D eigenvalue weighted by molar-refractivity contribution is 0.389. The summed E-state index contributed by atoms with van der Waals surface area (Å²) in [5.74, 6) is 0. The molecule has 0 spiro atoms. The van der Waals surface area contributed by atoms with Crippen molar-refractivity contribution < 1.29 is 0 Å². The van der Waals surface area contributed by atoms with Crippen molar-refractivity contribution in [2.45, 2.75) is 71.1 Å². The fourth-order valence-electron chi connectivity index (χ4n) is 1.92. The highest BCUT2D eigenvalue weighted by molar-refractivity contribution is 5.75. The first-order valence-corrected chi connectivity index (χ1v) is 6.92. The number of nitrogens with zero attached hydrogens (tertiary/aromatic N) is 1. The van der Waals surface area contributed by atoms with Crippen LogP contribution in [0.25, 0.3) is 0 Å². The number of rotatable bonds is 11. The Hall–Kier alpha value is 0.0249. The molecule has 1 nitrogen and oxygen atoms in total. The Labute approximate surface area is 106 Å². The predicted molar refractivity (Wildman–Crippen MR) is 80.3 cm³/mol. The molecular formula is C14H34BN. The van der Waals surface area contributed by atoms with E-state index in [1.165, 1.54) is 70.8 Å². The van der Waals surface area contributed by atoms with Gasteiger partial charge in [0.15, 0.2) is 0 Å². The molecule has 98 valence electrons. The fourth-order valence-corrected chi connectivity index (χ4v) is 1.92. The second-order valence-electron chi connectivity index (χ2n) is 4.99. The second-order valence-corrected chi connectivity index (χ2v) is 4.99. The molecule has 0 bridgehead atoms. The Morgan fingerprint density at radius 2 is 1.00 bits per heavy atom. The zero-order valence-electron chi connectivity index (χ0n) is 11.2. The normalized spacial score (nSPS) is 10.5. The molecule has 0 amide bonds. The van der Waals surface area contributed by atoms with Crippen LogP contribution in [-0.4, -0.2) is 34.0 Å². The first-order chi connectivity index (χ1) is 7.27. The monoisotopic (exact) mass is 227 g/mol. The minimum absolute atomic E-state index is 0. The minimum atomic E-state index is 0. The summed E-state index contributed by atoms with van der Waals surface area (Å²) < 4.78 is 0. The summed E-state index contributed by atoms with van der Waals surface area (Å²) in [6.45, 7) is 3.54. The van der Waals surface area contributed by atoms with Gasteiger partial charge in [-0.1, -0.05) is 64.7 Å². The third kappa shape index (κ3) is 16.5. The van der Waals surface area contributed by atoms with E-state index in [1.54, 1.807) is 0 Å². The summed E-state index contributed by atoms with van der Waals surface area (Å²) in [6.07, 6.45) is 14.4. The molecule has 0 unspecified atom stereocenters. The molecule has 0 aliphatic heterocycles. The zero-order chi connectivity index (χ0) is 11.4. The fraction of sp³-hybridized carbons (Fsp3) is 1.00. The molecule has 16 heavy (non-hydrogen) atoms. The highest BCUT2D eigenvalue weighted by Crippen LogP contribution is 2.10. The molecule has 2 heteroatoms. The van der Waals surface area contributed by atoms with Crippen molar-refractivity contribution in [1.82, 2.24) is 4.90 Å². The van der Waals surface area contributed by atoms with Crippen molar-refractivity contribution >= 4 is 8.41 Å². The van der Waals surface area contributed by atoms with Crippen LogP contribution < -0.4 is 0 Å². The van der Waals surface area contributed by atoms with Gasteiger partial charge in [0.05, 0.1) is 8.41 Å². The lowest BCUT2D eigenvalue weighted by Crippen LogP contribution is -2.12. The van der Waals surface area contributed by atoms with Crippen molar-refractivity contribution in [2.24, 2.45) is 0 Å². The van der Waals surface area contributed by atoms with E-state index < -0.39 is 0 Å². The molecule has 0 aromatic rings. The Morgan fingerprint density at radius 3 is 1.38 bits per heavy atom. The SMILES string of the molecule is B.CCCCCCCCCCCCN(C)C. The van der Waals surface area contributed by atoms with Gasteiger partial charge in [-0.15, -0.1) is 0 Å². The van der Waals surface area contributed by atoms with Crippen molar-refractivity contribution in [3.8, 4) is 0 Å². The molecular weight excluding hydrogens is 193 g/mol. The van der Waals surface area contributed by atoms with E-state index in [2.05, 4.69) is 25.9 Å². The molecule has 0 aromatic carbocycles. The van der Waals surface area contributed by atoms with Gasteiger partial charge < -0.3 is 4.90 Å². The van der Waals surface area contributed by atoms with Crippen LogP contribution in [0, 0.1) is 0 Å². The van der Waals surface area contributed by atoms with E-state index >= 15 is 0 Å². The molecule has 0 aromatic heterocycles. The van der Waals surface area contributed by atoms with Crippen LogP contribution in [-0.2, 0) is 0 Å². The van der Waals surface area contributed by atoms with Gasteiger partial charge in [0.2, 0.25) is 0 Å². The number of hydrogen-bond donors (Lipinski definition) is 0. The highest BCUT2D eigenvalue weighted by Gasteiger charge is 1.93. The molecule has 0 N–H and O–H groups in total. The number of hydrogen-bond acceptors (Lipinski definition) is 1. The van der Waals surface area contributed by atoms with E-state index in [9.17, 15) is 0 Å². The van der Waals surface area contributed by atoms with Gasteiger partial charge in [-0.25, -0.2) is 0 Å². The Balaban J connectivity index is 0. The smallest absolute Gasteiger partial charge is 0.0814 e. The van der Waals surface area contributed by atoms with Crippen LogP contribution in [0.4, 0.5) is 0 Å². The van der Waals surface area contributed by atoms with Crippen LogP contribution >= 0.6 is 0 Å². The second kappa shape index (κ2) is 15.0. The first kappa shape index (κ1) is 18.4. The summed E-state index contributed by atoms with van der Waals surface area (Å²) in [5.41, 5.74) is 0. The van der Waals surface area contributed by atoms with Crippen molar-refractivity contribution in [2.75, 3.05) is 20.6 Å². The van der Waals surface area contributed by atoms with Gasteiger partial charge in [-0.2, -0.15) is 0 Å². The molecule has 0 aliphatic rings. The van der Waals surface area contributed by atoms with Crippen molar-refractivity contribution in [1.29, 1.82) is 0 Å². The van der Waals surface area contributed by atoms with Crippen LogP contribution in [0.1, 0.15) is 71.1 Å². The topological polar surface area (TPSA) is 3.24 Å². The van der Waals surface area contributed by atoms with Gasteiger partial charge in [-0.3, -0.25) is 0 Å². The van der Waals surface area contributed by atoms with Gasteiger partial charge in [0.25, 0.3) is 0 Å².